The van der Waals surface area contributed by atoms with Gasteiger partial charge in [0.15, 0.2) is 5.65 Å². The van der Waals surface area contributed by atoms with Gasteiger partial charge < -0.3 is 19.9 Å². The summed E-state index contributed by atoms with van der Waals surface area (Å²) in [6, 6.07) is 11.4. The van der Waals surface area contributed by atoms with Crippen LogP contribution in [0, 0.1) is 11.8 Å². The number of rotatable bonds is 4. The van der Waals surface area contributed by atoms with Gasteiger partial charge in [-0.25, -0.2) is 4.79 Å². The first-order valence-electron chi connectivity index (χ1n) is 9.91. The molecule has 1 aromatic carbocycles. The van der Waals surface area contributed by atoms with Crippen molar-refractivity contribution < 1.29 is 9.53 Å². The summed E-state index contributed by atoms with van der Waals surface area (Å²) in [5, 5.41) is 15.5. The number of fused-ring (bicyclic) bond motifs is 2. The average Bonchev–Trinajstić information content (AvgIpc) is 3.43. The van der Waals surface area contributed by atoms with E-state index in [2.05, 4.69) is 25.5 Å². The van der Waals surface area contributed by atoms with Crippen molar-refractivity contribution in [1.29, 1.82) is 0 Å². The molecule has 2 aliphatic rings. The molecule has 2 aromatic heterocycles. The number of urea groups is 1. The average molecular weight is 393 g/mol. The van der Waals surface area contributed by atoms with Crippen LogP contribution in [0.4, 0.5) is 16.3 Å². The molecule has 9 nitrogen and oxygen atoms in total. The SMILES string of the molecule is CCOc1ccccc1NC(=O)N1CC2CN(c3ccc4nncn4n3)CC2C1. The maximum atomic E-state index is 12.8. The Kier molecular flexibility index (Phi) is 4.42. The highest BCUT2D eigenvalue weighted by Gasteiger charge is 2.42. The molecular weight excluding hydrogens is 370 g/mol. The molecule has 0 saturated carbocycles. The van der Waals surface area contributed by atoms with Crippen molar-refractivity contribution in [1.82, 2.24) is 24.7 Å². The minimum atomic E-state index is -0.0675. The molecule has 29 heavy (non-hydrogen) atoms. The molecule has 9 heteroatoms. The second-order valence-corrected chi connectivity index (χ2v) is 7.51. The van der Waals surface area contributed by atoms with Gasteiger partial charge in [0.05, 0.1) is 12.3 Å². The molecule has 150 valence electrons. The largest absolute Gasteiger partial charge is 0.492 e. The molecule has 5 rings (SSSR count). The lowest BCUT2D eigenvalue weighted by molar-refractivity contribution is 0.219. The lowest BCUT2D eigenvalue weighted by Crippen LogP contribution is -2.36. The molecule has 2 saturated heterocycles. The van der Waals surface area contributed by atoms with E-state index in [1.54, 1.807) is 10.8 Å². The van der Waals surface area contributed by atoms with Crippen LogP contribution in [0.1, 0.15) is 6.92 Å². The normalized spacial score (nSPS) is 20.9. The Morgan fingerprint density at radius 2 is 1.93 bits per heavy atom. The Morgan fingerprint density at radius 1 is 1.14 bits per heavy atom. The fraction of sp³-hybridized carbons (Fsp3) is 0.400. The number of likely N-dealkylation sites (tertiary alicyclic amines) is 1. The number of carbonyl (C=O) groups excluding carboxylic acids is 1. The second kappa shape index (κ2) is 7.23. The van der Waals surface area contributed by atoms with Crippen LogP contribution >= 0.6 is 0 Å². The quantitative estimate of drug-likeness (QED) is 0.731. The van der Waals surface area contributed by atoms with Gasteiger partial charge in [-0.3, -0.25) is 0 Å². The van der Waals surface area contributed by atoms with Gasteiger partial charge in [0.2, 0.25) is 0 Å². The Bertz CT molecular complexity index is 1020. The predicted molar refractivity (Wildman–Crippen MR) is 108 cm³/mol. The van der Waals surface area contributed by atoms with Crippen molar-refractivity contribution in [2.45, 2.75) is 6.92 Å². The second-order valence-electron chi connectivity index (χ2n) is 7.51. The zero-order valence-electron chi connectivity index (χ0n) is 16.2. The van der Waals surface area contributed by atoms with E-state index >= 15 is 0 Å². The number of hydrogen-bond donors (Lipinski definition) is 1. The minimum Gasteiger partial charge on any atom is -0.492 e. The van der Waals surface area contributed by atoms with Crippen LogP contribution in [0.2, 0.25) is 0 Å². The van der Waals surface area contributed by atoms with E-state index in [1.807, 2.05) is 48.2 Å². The van der Waals surface area contributed by atoms with Crippen molar-refractivity contribution in [3.63, 3.8) is 0 Å². The first-order valence-corrected chi connectivity index (χ1v) is 9.91. The van der Waals surface area contributed by atoms with E-state index in [4.69, 9.17) is 4.74 Å². The topological polar surface area (TPSA) is 87.9 Å². The summed E-state index contributed by atoms with van der Waals surface area (Å²) in [7, 11) is 0. The number of nitrogens with one attached hydrogen (secondary N) is 1. The maximum absolute atomic E-state index is 12.8. The highest BCUT2D eigenvalue weighted by molar-refractivity contribution is 5.91. The Morgan fingerprint density at radius 3 is 2.72 bits per heavy atom. The lowest BCUT2D eigenvalue weighted by Gasteiger charge is -2.23. The Labute approximate surface area is 168 Å². The van der Waals surface area contributed by atoms with E-state index in [0.717, 1.165) is 37.6 Å². The van der Waals surface area contributed by atoms with Crippen molar-refractivity contribution in [2.24, 2.45) is 11.8 Å². The monoisotopic (exact) mass is 393 g/mol. The number of para-hydroxylation sites is 2. The molecule has 3 aromatic rings. The number of anilines is 2. The first kappa shape index (κ1) is 17.7. The molecule has 2 unspecified atom stereocenters. The molecule has 2 atom stereocenters. The zero-order valence-corrected chi connectivity index (χ0v) is 16.2. The van der Waals surface area contributed by atoms with Crippen molar-refractivity contribution in [3.8, 4) is 5.75 Å². The molecule has 2 aliphatic heterocycles. The molecule has 1 N–H and O–H groups in total. The molecule has 0 spiro atoms. The molecule has 2 fully saturated rings. The number of carbonyl (C=O) groups is 1. The molecule has 0 bridgehead atoms. The number of aromatic nitrogens is 4. The lowest BCUT2D eigenvalue weighted by atomic mass is 10.0. The number of amides is 2. The number of hydrogen-bond acceptors (Lipinski definition) is 6. The summed E-state index contributed by atoms with van der Waals surface area (Å²) >= 11 is 0. The Balaban J connectivity index is 1.22. The van der Waals surface area contributed by atoms with E-state index in [0.29, 0.717) is 29.9 Å². The van der Waals surface area contributed by atoms with Gasteiger partial charge in [-0.05, 0) is 31.2 Å². The highest BCUT2D eigenvalue weighted by Crippen LogP contribution is 2.34. The smallest absolute Gasteiger partial charge is 0.321 e. The number of nitrogens with zero attached hydrogens (tertiary/aromatic N) is 6. The van der Waals surface area contributed by atoms with Crippen LogP contribution < -0.4 is 15.0 Å². The Hall–Kier alpha value is -3.36. The van der Waals surface area contributed by atoms with Gasteiger partial charge in [-0.15, -0.1) is 15.3 Å². The van der Waals surface area contributed by atoms with E-state index in [1.165, 1.54) is 0 Å². The standard InChI is InChI=1S/C20H23N7O2/c1-2-29-17-6-4-3-5-16(17)22-20(28)26-11-14-9-25(10-15(14)12-26)19-8-7-18-23-21-13-27(18)24-19/h3-8,13-15H,2,9-12H2,1H3,(H,22,28). The third-order valence-electron chi connectivity index (χ3n) is 5.67. The molecule has 2 amide bonds. The predicted octanol–water partition coefficient (Wildman–Crippen LogP) is 2.12. The third-order valence-corrected chi connectivity index (χ3v) is 5.67. The molecular formula is C20H23N7O2. The van der Waals surface area contributed by atoms with Crippen molar-refractivity contribution in [2.75, 3.05) is 43.0 Å². The van der Waals surface area contributed by atoms with E-state index in [-0.39, 0.29) is 6.03 Å². The summed E-state index contributed by atoms with van der Waals surface area (Å²) in [5.41, 5.74) is 1.45. The van der Waals surface area contributed by atoms with Gasteiger partial charge in [0.25, 0.3) is 0 Å². The van der Waals surface area contributed by atoms with Crippen LogP contribution in [0.15, 0.2) is 42.7 Å². The fourth-order valence-electron chi connectivity index (χ4n) is 4.28. The first-order chi connectivity index (χ1) is 14.2. The van der Waals surface area contributed by atoms with Crippen LogP contribution in [0.5, 0.6) is 5.75 Å². The fourth-order valence-corrected chi connectivity index (χ4v) is 4.28. The summed E-state index contributed by atoms with van der Waals surface area (Å²) in [6.45, 7) is 5.78. The number of benzene rings is 1. The van der Waals surface area contributed by atoms with Crippen LogP contribution in [0.25, 0.3) is 5.65 Å². The molecule has 4 heterocycles. The van der Waals surface area contributed by atoms with Gasteiger partial charge in [0, 0.05) is 38.0 Å². The van der Waals surface area contributed by atoms with E-state index in [9.17, 15) is 4.79 Å². The number of ether oxygens (including phenoxy) is 1. The third kappa shape index (κ3) is 3.32. The van der Waals surface area contributed by atoms with Crippen LogP contribution in [-0.2, 0) is 0 Å². The highest BCUT2D eigenvalue weighted by atomic mass is 16.5. The molecule has 0 aliphatic carbocycles. The van der Waals surface area contributed by atoms with E-state index < -0.39 is 0 Å². The summed E-state index contributed by atoms with van der Waals surface area (Å²) in [6.07, 6.45) is 1.61. The summed E-state index contributed by atoms with van der Waals surface area (Å²) in [5.74, 6) is 2.51. The van der Waals surface area contributed by atoms with Gasteiger partial charge in [0.1, 0.15) is 17.9 Å². The molecule has 0 radical (unpaired) electrons. The van der Waals surface area contributed by atoms with Gasteiger partial charge in [-0.1, -0.05) is 12.1 Å². The van der Waals surface area contributed by atoms with Gasteiger partial charge in [-0.2, -0.15) is 4.52 Å². The van der Waals surface area contributed by atoms with Crippen LogP contribution in [-0.4, -0.2) is 63.5 Å². The van der Waals surface area contributed by atoms with Crippen molar-refractivity contribution in [3.05, 3.63) is 42.7 Å². The summed E-state index contributed by atoms with van der Waals surface area (Å²) < 4.78 is 7.30. The minimum absolute atomic E-state index is 0.0675. The van der Waals surface area contributed by atoms with Gasteiger partial charge >= 0.3 is 6.03 Å². The summed E-state index contributed by atoms with van der Waals surface area (Å²) in [4.78, 5) is 17.0. The van der Waals surface area contributed by atoms with Crippen molar-refractivity contribution >= 4 is 23.2 Å². The zero-order chi connectivity index (χ0) is 19.8. The maximum Gasteiger partial charge on any atom is 0.321 e. The van der Waals surface area contributed by atoms with Crippen LogP contribution in [0.3, 0.4) is 0 Å².